The number of alkyl halides is 3. The van der Waals surface area contributed by atoms with Crippen LogP contribution in [0.5, 0.6) is 5.88 Å². The average molecular weight is 700 g/mol. The number of hydrogen-bond acceptors (Lipinski definition) is 11. The number of aromatic nitrogens is 6. The van der Waals surface area contributed by atoms with E-state index < -0.39 is 17.8 Å². The minimum atomic E-state index is -4.69. The highest BCUT2D eigenvalue weighted by molar-refractivity contribution is 5.91. The van der Waals surface area contributed by atoms with E-state index in [0.717, 1.165) is 32.2 Å². The number of hydrogen-bond donors (Lipinski definition) is 2. The Balaban J connectivity index is 1.47. The summed E-state index contributed by atoms with van der Waals surface area (Å²) in [6.07, 6.45) is -0.599. The minimum absolute atomic E-state index is 0.148. The van der Waals surface area contributed by atoms with Crippen LogP contribution in [-0.2, 0) is 15.7 Å². The molecule has 16 heteroatoms. The van der Waals surface area contributed by atoms with Crippen LogP contribution < -0.4 is 14.5 Å². The third-order valence-electron chi connectivity index (χ3n) is 8.54. The van der Waals surface area contributed by atoms with Gasteiger partial charge in [-0.3, -0.25) is 9.69 Å². The molecule has 1 saturated heterocycles. The highest BCUT2D eigenvalue weighted by atomic mass is 19.4. The van der Waals surface area contributed by atoms with Gasteiger partial charge in [0.05, 0.1) is 37.0 Å². The topological polar surface area (TPSA) is 146 Å². The van der Waals surface area contributed by atoms with Crippen LogP contribution in [0.3, 0.4) is 0 Å². The number of aromatic amines is 1. The first kappa shape index (κ1) is 36.7. The molecule has 0 bridgehead atoms. The molecule has 0 unspecified atom stereocenters. The van der Waals surface area contributed by atoms with Crippen LogP contribution in [0.1, 0.15) is 46.2 Å². The Morgan fingerprint density at radius 1 is 1.10 bits per heavy atom. The number of fused-ring (bicyclic) bond motifs is 1. The van der Waals surface area contributed by atoms with Gasteiger partial charge in [0.1, 0.15) is 22.7 Å². The molecule has 5 rings (SSSR count). The van der Waals surface area contributed by atoms with Gasteiger partial charge in [-0.15, -0.1) is 0 Å². The first-order chi connectivity index (χ1) is 23.7. The zero-order valence-corrected chi connectivity index (χ0v) is 29.2. The maximum atomic E-state index is 13.9. The zero-order valence-electron chi connectivity index (χ0n) is 29.2. The molecule has 0 spiro atoms. The summed E-state index contributed by atoms with van der Waals surface area (Å²) >= 11 is 0. The monoisotopic (exact) mass is 699 g/mol. The highest BCUT2D eigenvalue weighted by Gasteiger charge is 2.34. The summed E-state index contributed by atoms with van der Waals surface area (Å²) < 4.78 is 52.4. The van der Waals surface area contributed by atoms with Crippen LogP contribution in [0, 0.1) is 5.41 Å². The molecule has 0 aliphatic carbocycles. The Bertz CT molecular complexity index is 1780. The van der Waals surface area contributed by atoms with Crippen LogP contribution in [-0.4, -0.2) is 112 Å². The van der Waals surface area contributed by atoms with E-state index in [9.17, 15) is 18.0 Å². The maximum Gasteiger partial charge on any atom is 0.433 e. The Kier molecular flexibility index (Phi) is 11.1. The molecule has 4 aromatic heterocycles. The molecule has 0 aromatic carbocycles. The first-order valence-corrected chi connectivity index (χ1v) is 16.5. The van der Waals surface area contributed by atoms with Gasteiger partial charge in [0.25, 0.3) is 0 Å². The number of methoxy groups -OCH3 is 1. The number of aliphatic carboxylic acids is 1. The van der Waals surface area contributed by atoms with Gasteiger partial charge in [-0.05, 0) is 38.9 Å². The quantitative estimate of drug-likeness (QED) is 0.174. The molecule has 4 aromatic rings. The lowest BCUT2D eigenvalue weighted by atomic mass is 9.94. The summed E-state index contributed by atoms with van der Waals surface area (Å²) in [6.45, 7) is 12.1. The van der Waals surface area contributed by atoms with Crippen molar-refractivity contribution < 1.29 is 32.5 Å². The lowest BCUT2D eigenvalue weighted by molar-refractivity contribution is -0.141. The van der Waals surface area contributed by atoms with Crippen molar-refractivity contribution in [2.75, 3.05) is 69.9 Å². The fourth-order valence-corrected chi connectivity index (χ4v) is 6.30. The molecule has 13 nitrogen and oxygen atoms in total. The second-order valence-corrected chi connectivity index (χ2v) is 13.4. The fraction of sp³-hybridized carbons (Fsp3) is 0.529. The van der Waals surface area contributed by atoms with Crippen molar-refractivity contribution in [3.05, 3.63) is 36.3 Å². The van der Waals surface area contributed by atoms with Gasteiger partial charge in [-0.2, -0.15) is 13.2 Å². The van der Waals surface area contributed by atoms with E-state index in [-0.39, 0.29) is 41.6 Å². The van der Waals surface area contributed by atoms with E-state index in [1.54, 1.807) is 32.5 Å². The second kappa shape index (κ2) is 15.1. The van der Waals surface area contributed by atoms with Gasteiger partial charge in [0.15, 0.2) is 11.5 Å². The van der Waals surface area contributed by atoms with Gasteiger partial charge in [0.2, 0.25) is 5.88 Å². The number of halogens is 3. The third kappa shape index (κ3) is 8.77. The number of imidazole rings is 1. The Hall–Kier alpha value is -4.57. The van der Waals surface area contributed by atoms with E-state index in [2.05, 4.69) is 50.5 Å². The average Bonchev–Trinajstić information content (AvgIpc) is 3.49. The van der Waals surface area contributed by atoms with Crippen molar-refractivity contribution >= 4 is 28.6 Å². The molecule has 50 heavy (non-hydrogen) atoms. The van der Waals surface area contributed by atoms with E-state index in [1.165, 1.54) is 6.07 Å². The SMILES string of the molecule is CCOc1cc(-c2cc(N(C)CC(C)(C)COC)c3[nH]c(-c4cnc(N5CCN(CCCC(=O)O)[C@H](C)C5)cn4)nc3n2)cc(C(F)(F)F)n1. The summed E-state index contributed by atoms with van der Waals surface area (Å²) in [4.78, 5) is 43.1. The summed E-state index contributed by atoms with van der Waals surface area (Å²) in [7, 11) is 3.54. The van der Waals surface area contributed by atoms with Crippen LogP contribution in [0.25, 0.3) is 33.9 Å². The number of nitrogens with one attached hydrogen (secondary N) is 1. The highest BCUT2D eigenvalue weighted by Crippen LogP contribution is 2.36. The summed E-state index contributed by atoms with van der Waals surface area (Å²) in [5, 5.41) is 8.96. The molecule has 1 aliphatic heterocycles. The predicted molar refractivity (Wildman–Crippen MR) is 183 cm³/mol. The van der Waals surface area contributed by atoms with Gasteiger partial charge >= 0.3 is 12.1 Å². The van der Waals surface area contributed by atoms with Gasteiger partial charge < -0.3 is 29.4 Å². The number of carbonyl (C=O) groups is 1. The number of H-pyrrole nitrogens is 1. The lowest BCUT2D eigenvalue weighted by Crippen LogP contribution is -2.52. The summed E-state index contributed by atoms with van der Waals surface area (Å²) in [5.41, 5.74) is 1.16. The van der Waals surface area contributed by atoms with Gasteiger partial charge in [0, 0.05) is 69.8 Å². The van der Waals surface area contributed by atoms with E-state index in [4.69, 9.17) is 24.5 Å². The molecule has 0 radical (unpaired) electrons. The fourth-order valence-electron chi connectivity index (χ4n) is 6.30. The van der Waals surface area contributed by atoms with E-state index >= 15 is 0 Å². The van der Waals surface area contributed by atoms with Crippen LogP contribution >= 0.6 is 0 Å². The van der Waals surface area contributed by atoms with Crippen molar-refractivity contribution in [2.24, 2.45) is 5.41 Å². The standard InChI is InChI=1S/C34H44F3N9O4/c1-7-50-28-14-22(13-26(41-28)34(35,36)37)23-15-25(44(5)19-33(3,4)20-49-6)30-32(40-23)43-31(42-30)24-16-39-27(17-38-24)46-12-11-45(21(2)18-46)10-8-9-29(47)48/h13-17,21H,7-12,18-20H2,1-6H3,(H,47,48)(H,40,42,43)/t21-/m1/s1. The lowest BCUT2D eigenvalue weighted by Gasteiger charge is -2.40. The predicted octanol–water partition coefficient (Wildman–Crippen LogP) is 5.38. The number of ether oxygens (including phenoxy) is 2. The van der Waals surface area contributed by atoms with Gasteiger partial charge in [-0.1, -0.05) is 13.8 Å². The molecular formula is C34H44F3N9O4. The Morgan fingerprint density at radius 3 is 2.52 bits per heavy atom. The normalized spacial score (nSPS) is 15.9. The molecule has 0 saturated carbocycles. The Morgan fingerprint density at radius 2 is 1.88 bits per heavy atom. The molecule has 1 fully saturated rings. The van der Waals surface area contributed by atoms with E-state index in [1.807, 2.05) is 11.9 Å². The number of pyridine rings is 2. The van der Waals surface area contributed by atoms with Crippen molar-refractivity contribution in [2.45, 2.75) is 52.8 Å². The first-order valence-electron chi connectivity index (χ1n) is 16.5. The molecule has 5 heterocycles. The van der Waals surface area contributed by atoms with Crippen LogP contribution in [0.2, 0.25) is 0 Å². The minimum Gasteiger partial charge on any atom is -0.481 e. The summed E-state index contributed by atoms with van der Waals surface area (Å²) in [6, 6.07) is 4.36. The largest absolute Gasteiger partial charge is 0.481 e. The number of rotatable bonds is 14. The number of carboxylic acid groups (broad SMARTS) is 1. The summed E-state index contributed by atoms with van der Waals surface area (Å²) in [5.74, 6) is 0.187. The molecule has 1 atom stereocenters. The van der Waals surface area contributed by atoms with Crippen molar-refractivity contribution in [3.8, 4) is 28.7 Å². The number of piperazine rings is 1. The maximum absolute atomic E-state index is 13.9. The van der Waals surface area contributed by atoms with Crippen molar-refractivity contribution in [1.29, 1.82) is 0 Å². The number of carboxylic acids is 1. The zero-order chi connectivity index (χ0) is 36.2. The molecule has 1 aliphatic rings. The van der Waals surface area contributed by atoms with Crippen LogP contribution in [0.4, 0.5) is 24.7 Å². The number of nitrogens with zero attached hydrogens (tertiary/aromatic N) is 8. The van der Waals surface area contributed by atoms with E-state index in [0.29, 0.717) is 53.8 Å². The second-order valence-electron chi connectivity index (χ2n) is 13.4. The van der Waals surface area contributed by atoms with Crippen LogP contribution in [0.15, 0.2) is 30.6 Å². The molecule has 270 valence electrons. The van der Waals surface area contributed by atoms with Crippen molar-refractivity contribution in [1.82, 2.24) is 34.8 Å². The molecule has 2 N–H and O–H groups in total. The Labute approximate surface area is 288 Å². The van der Waals surface area contributed by atoms with Gasteiger partial charge in [-0.25, -0.2) is 24.9 Å². The number of anilines is 2. The third-order valence-corrected chi connectivity index (χ3v) is 8.54. The molecule has 0 amide bonds. The van der Waals surface area contributed by atoms with Crippen molar-refractivity contribution in [3.63, 3.8) is 0 Å². The molecular weight excluding hydrogens is 655 g/mol. The smallest absolute Gasteiger partial charge is 0.433 e.